The van der Waals surface area contributed by atoms with E-state index in [9.17, 15) is 58.8 Å². The summed E-state index contributed by atoms with van der Waals surface area (Å²) in [5, 5.41) is 52.6. The lowest BCUT2D eigenvalue weighted by Gasteiger charge is -2.38. The number of fused-ring (bicyclic) bond motifs is 15. The number of nitrogens with one attached hydrogen (secondary N) is 3. The maximum atomic E-state index is 15.9. The van der Waals surface area contributed by atoms with Crippen LogP contribution in [0, 0.1) is 36.4 Å². The van der Waals surface area contributed by atoms with E-state index in [4.69, 9.17) is 35.3 Å². The Balaban J connectivity index is 0.952. The molecule has 2 aromatic carbocycles. The number of nitrogens with zero attached hydrogens (tertiary/aromatic N) is 3. The van der Waals surface area contributed by atoms with Gasteiger partial charge in [-0.25, -0.2) is 14.0 Å². The van der Waals surface area contributed by atoms with Crippen LogP contribution < -0.4 is 31.0 Å². The van der Waals surface area contributed by atoms with E-state index in [1.165, 1.54) is 52.3 Å². The molecule has 1 saturated carbocycles. The summed E-state index contributed by atoms with van der Waals surface area (Å²) in [6, 6.07) is 0.310. The lowest BCUT2D eigenvalue weighted by atomic mass is 9.78. The Hall–Kier alpha value is -7.64. The van der Waals surface area contributed by atoms with Gasteiger partial charge >= 0.3 is 17.8 Å². The van der Waals surface area contributed by atoms with Crippen molar-refractivity contribution in [3.8, 4) is 11.5 Å². The summed E-state index contributed by atoms with van der Waals surface area (Å²) in [6.45, 7) is 11.0. The number of anilines is 1. The topological polar surface area (TPSA) is 311 Å². The van der Waals surface area contributed by atoms with Crippen molar-refractivity contribution in [2.45, 2.75) is 110 Å². The van der Waals surface area contributed by atoms with Gasteiger partial charge in [0.2, 0.25) is 22.9 Å². The number of methoxy groups -OCH3 is 1. The number of carbonyl (C=O) groups is 7. The van der Waals surface area contributed by atoms with Crippen molar-refractivity contribution >= 4 is 69.4 Å². The van der Waals surface area contributed by atoms with E-state index < -0.39 is 147 Å². The number of halogens is 2. The first-order valence-corrected chi connectivity index (χ1v) is 28.2. The molecule has 7 aliphatic rings. The van der Waals surface area contributed by atoms with Crippen LogP contribution in [0.5, 0.6) is 11.5 Å². The molecule has 5 bridgehead atoms. The number of hydrogen-bond donors (Lipinski definition) is 7. The number of aromatic carboxylic acids is 1. The first kappa shape index (κ1) is 60.9. The third-order valence-electron chi connectivity index (χ3n) is 16.8. The van der Waals surface area contributed by atoms with Crippen molar-refractivity contribution in [3.63, 3.8) is 0 Å². The van der Waals surface area contributed by atoms with Crippen LogP contribution in [-0.2, 0) is 28.5 Å². The van der Waals surface area contributed by atoms with E-state index in [2.05, 4.69) is 16.0 Å². The van der Waals surface area contributed by atoms with Crippen LogP contribution in [-0.4, -0.2) is 160 Å². The van der Waals surface area contributed by atoms with Crippen molar-refractivity contribution in [2.75, 3.05) is 57.9 Å². The molecule has 6 heterocycles. The summed E-state index contributed by atoms with van der Waals surface area (Å²) < 4.78 is 47.1. The Bertz CT molecular complexity index is 3440. The molecule has 25 heteroatoms. The molecule has 0 spiro atoms. The summed E-state index contributed by atoms with van der Waals surface area (Å²) in [4.78, 5) is 114. The van der Waals surface area contributed by atoms with Crippen LogP contribution >= 0.6 is 11.6 Å². The number of phenolic OH excluding ortho intramolecular Hbond substituents is 1. The van der Waals surface area contributed by atoms with Gasteiger partial charge in [0.25, 0.3) is 11.7 Å². The molecule has 23 nitrogen and oxygen atoms in total. The molecule has 3 fully saturated rings. The summed E-state index contributed by atoms with van der Waals surface area (Å²) in [6.07, 6.45) is 4.10. The van der Waals surface area contributed by atoms with E-state index in [0.717, 1.165) is 12.3 Å². The first-order chi connectivity index (χ1) is 39.8. The van der Waals surface area contributed by atoms with Gasteiger partial charge in [-0.2, -0.15) is 0 Å². The SMILES string of the molecule is CO[C@H]1C=CO[C@@]2(C)Oc3c(C)c(O)c4c(c3C2=O)C(=O)C(N2CCOCC2)=C(NC(=O)C(C)=CC=C[C@H](C)[C@H](O)[C@@H](C)[C@@H](O)[C@@H](C)[C@H](OC(=O)NCC(=O)NC2CCN(c3c(F)cc5c(=O)c(C(=O)O)cn(C6CC6)c5c3Cl)C2)[C@@H]1C)C4=O. The number of Topliss-reactive ketones (excluding diaryl/α,β-unsaturated/α-hetero) is 3. The predicted octanol–water partition coefficient (Wildman–Crippen LogP) is 4.99. The number of ketones is 3. The predicted molar refractivity (Wildman–Crippen MR) is 300 cm³/mol. The smallest absolute Gasteiger partial charge is 0.407 e. The second-order valence-corrected chi connectivity index (χ2v) is 22.9. The number of allylic oxidation sites excluding steroid dienone is 4. The van der Waals surface area contributed by atoms with Gasteiger partial charge in [0.05, 0.1) is 76.1 Å². The molecular weight excluding hydrogens is 1120 g/mol. The molecule has 1 unspecified atom stereocenters. The minimum absolute atomic E-state index is 0.0156. The highest BCUT2D eigenvalue weighted by molar-refractivity contribution is 6.38. The zero-order valence-corrected chi connectivity index (χ0v) is 48.3. The molecule has 2 saturated heterocycles. The summed E-state index contributed by atoms with van der Waals surface area (Å²) in [7, 11) is 1.35. The summed E-state index contributed by atoms with van der Waals surface area (Å²) in [5.74, 6) is -12.8. The third kappa shape index (κ3) is 11.4. The van der Waals surface area contributed by atoms with Crippen molar-refractivity contribution in [3.05, 3.63) is 109 Å². The Morgan fingerprint density at radius 3 is 2.29 bits per heavy atom. The molecule has 0 radical (unpaired) electrons. The maximum Gasteiger partial charge on any atom is 0.407 e. The molecule has 450 valence electrons. The van der Waals surface area contributed by atoms with E-state index in [1.54, 1.807) is 48.1 Å². The van der Waals surface area contributed by atoms with Crippen molar-refractivity contribution in [2.24, 2.45) is 23.7 Å². The fraction of sp³-hybridized carbons (Fsp3) is 0.492. The number of rotatable bonds is 9. The molecule has 3 aromatic rings. The highest BCUT2D eigenvalue weighted by atomic mass is 35.5. The van der Waals surface area contributed by atoms with Crippen LogP contribution in [0.25, 0.3) is 10.9 Å². The van der Waals surface area contributed by atoms with Gasteiger partial charge in [0.15, 0.2) is 0 Å². The zero-order valence-electron chi connectivity index (χ0n) is 47.6. The number of carboxylic acids is 1. The lowest BCUT2D eigenvalue weighted by molar-refractivity contribution is -0.121. The normalized spacial score (nSPS) is 27.8. The van der Waals surface area contributed by atoms with Crippen molar-refractivity contribution < 1.29 is 82.1 Å². The number of aromatic hydroxyl groups is 1. The molecule has 10 atom stereocenters. The van der Waals surface area contributed by atoms with Crippen LogP contribution in [0.2, 0.25) is 5.02 Å². The van der Waals surface area contributed by atoms with E-state index in [1.807, 2.05) is 0 Å². The zero-order chi connectivity index (χ0) is 61.0. The molecular formula is C59H68ClFN6O17. The molecule has 5 aliphatic heterocycles. The lowest BCUT2D eigenvalue weighted by Crippen LogP contribution is -2.49. The highest BCUT2D eigenvalue weighted by Crippen LogP contribution is 2.49. The third-order valence-corrected chi connectivity index (χ3v) is 17.2. The Morgan fingerprint density at radius 1 is 0.917 bits per heavy atom. The number of aromatic nitrogens is 1. The number of amides is 3. The van der Waals surface area contributed by atoms with E-state index >= 15 is 4.39 Å². The summed E-state index contributed by atoms with van der Waals surface area (Å²) in [5.41, 5.74) is -3.07. The number of ether oxygens (including phenoxy) is 5. The number of carbonyl (C=O) groups excluding carboxylic acids is 6. The number of benzene rings is 2. The standard InChI is InChI=1S/C59H68ClFN6O17/c1-26-10-9-11-27(2)56(76)64-43-46(65-17-20-81-21-18-65)52(74)39-40(51(43)73)49(71)31(6)54-41(39)55(75)59(7,84-54)82-19-15-37(80-8)28(3)53(30(5)48(70)29(4)47(26)69)83-58(79)62-23-38(68)63-32-14-16-66(24-32)45-36(61)22-34-44(42(45)60)67(33-12-13-33)25-35(50(34)72)57(77)78/h9-11,15,19,22,25-26,28-30,32-33,37,47-48,53,69-71H,12-14,16-18,20-21,23-24H2,1-8H3,(H,62,79)(H,63,68)(H,64,76)(H,77,78)/t26-,28+,29+,30+,32?,37-,47-,48+,53+,59-/m0/s1. The maximum absolute atomic E-state index is 15.9. The van der Waals surface area contributed by atoms with Crippen molar-refractivity contribution in [1.29, 1.82) is 0 Å². The van der Waals surface area contributed by atoms with Gasteiger partial charge in [0.1, 0.15) is 46.9 Å². The number of pyridine rings is 1. The Kier molecular flexibility index (Phi) is 17.5. The van der Waals surface area contributed by atoms with Crippen LogP contribution in [0.1, 0.15) is 114 Å². The number of morpholine rings is 1. The quantitative estimate of drug-likeness (QED) is 0.148. The minimum atomic E-state index is -2.20. The Labute approximate surface area is 487 Å². The van der Waals surface area contributed by atoms with E-state index in [0.29, 0.717) is 19.3 Å². The highest BCUT2D eigenvalue weighted by Gasteiger charge is 2.53. The second-order valence-electron chi connectivity index (χ2n) is 22.5. The molecule has 1 aromatic heterocycles. The van der Waals surface area contributed by atoms with Gasteiger partial charge in [-0.1, -0.05) is 57.5 Å². The molecule has 2 aliphatic carbocycles. The number of aliphatic hydroxyl groups excluding tert-OH is 2. The number of aliphatic hydroxyl groups is 2. The fourth-order valence-corrected chi connectivity index (χ4v) is 12.2. The van der Waals surface area contributed by atoms with Gasteiger partial charge in [-0.3, -0.25) is 28.8 Å². The number of hydrogen-bond acceptors (Lipinski definition) is 18. The average molecular weight is 1190 g/mol. The molecule has 10 rings (SSSR count). The molecule has 7 N–H and O–H groups in total. The number of alkyl carbamates (subject to hydrolysis) is 1. The largest absolute Gasteiger partial charge is 0.507 e. The van der Waals surface area contributed by atoms with Gasteiger partial charge in [-0.05, 0) is 45.3 Å². The van der Waals surface area contributed by atoms with Crippen LogP contribution in [0.3, 0.4) is 0 Å². The Morgan fingerprint density at radius 2 is 1.62 bits per heavy atom. The number of phenols is 1. The van der Waals surface area contributed by atoms with Crippen LogP contribution in [0.4, 0.5) is 14.9 Å². The van der Waals surface area contributed by atoms with Gasteiger partial charge in [-0.15, -0.1) is 0 Å². The average Bonchev–Trinajstić information content (AvgIpc) is 1.96. The monoisotopic (exact) mass is 1190 g/mol. The number of carboxylic acid groups (broad SMARTS) is 1. The fourth-order valence-electron chi connectivity index (χ4n) is 11.8. The van der Waals surface area contributed by atoms with Gasteiger partial charge in [0, 0.05) is 93.3 Å². The molecule has 84 heavy (non-hydrogen) atoms. The minimum Gasteiger partial charge on any atom is -0.507 e. The van der Waals surface area contributed by atoms with Crippen molar-refractivity contribution in [1.82, 2.24) is 25.4 Å². The van der Waals surface area contributed by atoms with Crippen LogP contribution in [0.15, 0.2) is 64.6 Å². The van der Waals surface area contributed by atoms with E-state index in [-0.39, 0.29) is 95.2 Å². The first-order valence-electron chi connectivity index (χ1n) is 27.8. The second kappa shape index (κ2) is 24.1. The molecule has 3 amide bonds. The summed E-state index contributed by atoms with van der Waals surface area (Å²) >= 11 is 6.86. The van der Waals surface area contributed by atoms with Gasteiger partial charge < -0.3 is 74.4 Å².